The van der Waals surface area contributed by atoms with Gasteiger partial charge in [-0.25, -0.2) is 4.79 Å². The number of benzene rings is 2. The summed E-state index contributed by atoms with van der Waals surface area (Å²) >= 11 is 4.37. The van der Waals surface area contributed by atoms with E-state index >= 15 is 0 Å². The highest BCUT2D eigenvalue weighted by molar-refractivity contribution is 14.1. The van der Waals surface area contributed by atoms with Crippen LogP contribution in [0, 0.1) is 7.14 Å². The number of phenolic OH excluding ortho intramolecular Hbond substituents is 1. The van der Waals surface area contributed by atoms with Crippen molar-refractivity contribution in [1.29, 1.82) is 0 Å². The fraction of sp³-hybridized carbons (Fsp3) is 0.188. The molecule has 0 bridgehead atoms. The van der Waals surface area contributed by atoms with Crippen molar-refractivity contribution in [1.82, 2.24) is 0 Å². The van der Waals surface area contributed by atoms with Gasteiger partial charge in [-0.3, -0.25) is 0 Å². The lowest BCUT2D eigenvalue weighted by Crippen LogP contribution is -2.25. The summed E-state index contributed by atoms with van der Waals surface area (Å²) in [6, 6.07) is 14.4. The van der Waals surface area contributed by atoms with Gasteiger partial charge in [0.2, 0.25) is 0 Å². The van der Waals surface area contributed by atoms with Crippen molar-refractivity contribution in [3.8, 4) is 11.5 Å². The molecular formula is C16H16I2O4. The minimum atomic E-state index is -0.925. The first kappa shape index (κ1) is 19.0. The Hall–Kier alpha value is -1.03. The maximum Gasteiger partial charge on any atom is 0.344 e. The largest absolute Gasteiger partial charge is 0.508 e. The van der Waals surface area contributed by atoms with Crippen LogP contribution in [0.1, 0.15) is 13.3 Å². The van der Waals surface area contributed by atoms with Gasteiger partial charge >= 0.3 is 5.97 Å². The van der Waals surface area contributed by atoms with E-state index in [0.29, 0.717) is 17.9 Å². The number of rotatable bonds is 4. The SMILES string of the molecule is CCC(Oc1ccc(I)cc1)C(=O)O.Oc1ccc(I)cc1. The fourth-order valence-electron chi connectivity index (χ4n) is 1.43. The number of carboxylic acid groups (broad SMARTS) is 1. The summed E-state index contributed by atoms with van der Waals surface area (Å²) in [4.78, 5) is 10.7. The van der Waals surface area contributed by atoms with Gasteiger partial charge in [-0.2, -0.15) is 0 Å². The molecule has 118 valence electrons. The van der Waals surface area contributed by atoms with Crippen LogP contribution >= 0.6 is 45.2 Å². The highest BCUT2D eigenvalue weighted by atomic mass is 127. The molecule has 0 saturated carbocycles. The number of carboxylic acids is 1. The Morgan fingerprint density at radius 3 is 1.86 bits per heavy atom. The van der Waals surface area contributed by atoms with E-state index in [2.05, 4.69) is 45.2 Å². The maximum atomic E-state index is 10.7. The zero-order valence-corrected chi connectivity index (χ0v) is 16.2. The van der Waals surface area contributed by atoms with Crippen molar-refractivity contribution in [2.75, 3.05) is 0 Å². The standard InChI is InChI=1S/C10H11IO3.C6H5IO/c1-2-9(10(12)13)14-8-5-3-7(11)4-6-8;7-5-1-3-6(8)4-2-5/h3-6,9H,2H2,1H3,(H,12,13);1-4,8H. The molecule has 0 aliphatic carbocycles. The molecule has 0 aliphatic heterocycles. The molecule has 0 saturated heterocycles. The molecule has 0 spiro atoms. The van der Waals surface area contributed by atoms with Crippen molar-refractivity contribution in [2.24, 2.45) is 0 Å². The summed E-state index contributed by atoms with van der Waals surface area (Å²) in [5.74, 6) is -0.00358. The summed E-state index contributed by atoms with van der Waals surface area (Å²) in [6.45, 7) is 1.78. The molecule has 1 atom stereocenters. The first-order chi connectivity index (χ1) is 10.4. The van der Waals surface area contributed by atoms with E-state index < -0.39 is 12.1 Å². The second-order valence-corrected chi connectivity index (χ2v) is 6.77. The van der Waals surface area contributed by atoms with Crippen molar-refractivity contribution >= 4 is 51.2 Å². The molecular weight excluding hydrogens is 510 g/mol. The maximum absolute atomic E-state index is 10.7. The van der Waals surface area contributed by atoms with Crippen LogP contribution in [0.15, 0.2) is 48.5 Å². The number of ether oxygens (including phenoxy) is 1. The third kappa shape index (κ3) is 7.30. The van der Waals surface area contributed by atoms with Crippen LogP contribution in [0.4, 0.5) is 0 Å². The number of aromatic hydroxyl groups is 1. The average Bonchev–Trinajstić information content (AvgIpc) is 2.50. The molecule has 0 radical (unpaired) electrons. The Bertz CT molecular complexity index is 561. The Morgan fingerprint density at radius 1 is 1.05 bits per heavy atom. The predicted molar refractivity (Wildman–Crippen MR) is 102 cm³/mol. The number of hydrogen-bond acceptors (Lipinski definition) is 3. The molecule has 22 heavy (non-hydrogen) atoms. The summed E-state index contributed by atoms with van der Waals surface area (Å²) < 4.78 is 7.51. The molecule has 2 aromatic carbocycles. The van der Waals surface area contributed by atoms with Crippen LogP contribution in [-0.2, 0) is 4.79 Å². The first-order valence-corrected chi connectivity index (χ1v) is 8.67. The van der Waals surface area contributed by atoms with Crippen LogP contribution in [0.5, 0.6) is 11.5 Å². The van der Waals surface area contributed by atoms with E-state index in [-0.39, 0.29) is 0 Å². The smallest absolute Gasteiger partial charge is 0.344 e. The van der Waals surface area contributed by atoms with Crippen molar-refractivity contribution < 1.29 is 19.7 Å². The van der Waals surface area contributed by atoms with Crippen LogP contribution in [0.25, 0.3) is 0 Å². The van der Waals surface area contributed by atoms with E-state index in [1.165, 1.54) is 0 Å². The van der Waals surface area contributed by atoms with Crippen LogP contribution < -0.4 is 4.74 Å². The molecule has 0 heterocycles. The minimum Gasteiger partial charge on any atom is -0.508 e. The van der Waals surface area contributed by atoms with Crippen molar-refractivity contribution in [3.05, 3.63) is 55.7 Å². The van der Waals surface area contributed by atoms with Gasteiger partial charge in [0, 0.05) is 7.14 Å². The lowest BCUT2D eigenvalue weighted by atomic mass is 10.3. The number of halogens is 2. The van der Waals surface area contributed by atoms with Crippen molar-refractivity contribution in [2.45, 2.75) is 19.4 Å². The quantitative estimate of drug-likeness (QED) is 0.576. The number of aliphatic carboxylic acids is 1. The van der Waals surface area contributed by atoms with E-state index in [1.54, 1.807) is 31.2 Å². The van der Waals surface area contributed by atoms with E-state index in [9.17, 15) is 4.79 Å². The van der Waals surface area contributed by atoms with Gasteiger partial charge in [-0.05, 0) is 100 Å². The van der Waals surface area contributed by atoms with Crippen LogP contribution in [0.2, 0.25) is 0 Å². The molecule has 2 aromatic rings. The topological polar surface area (TPSA) is 66.8 Å². The normalized spacial score (nSPS) is 11.0. The Balaban J connectivity index is 0.000000255. The second kappa shape index (κ2) is 9.88. The van der Waals surface area contributed by atoms with Gasteiger partial charge in [0.15, 0.2) is 6.10 Å². The van der Waals surface area contributed by atoms with Gasteiger partial charge in [0.05, 0.1) is 0 Å². The second-order valence-electron chi connectivity index (χ2n) is 4.28. The van der Waals surface area contributed by atoms with Gasteiger partial charge in [-0.1, -0.05) is 6.92 Å². The molecule has 2 rings (SSSR count). The fourth-order valence-corrected chi connectivity index (χ4v) is 2.15. The lowest BCUT2D eigenvalue weighted by molar-refractivity contribution is -0.145. The number of hydrogen-bond donors (Lipinski definition) is 2. The predicted octanol–water partition coefficient (Wildman–Crippen LogP) is 4.53. The van der Waals surface area contributed by atoms with Crippen LogP contribution in [0.3, 0.4) is 0 Å². The Morgan fingerprint density at radius 2 is 1.50 bits per heavy atom. The molecule has 2 N–H and O–H groups in total. The lowest BCUT2D eigenvalue weighted by Gasteiger charge is -2.12. The zero-order chi connectivity index (χ0) is 16.5. The van der Waals surface area contributed by atoms with Crippen molar-refractivity contribution in [3.63, 3.8) is 0 Å². The van der Waals surface area contributed by atoms with E-state index in [1.807, 2.05) is 24.3 Å². The molecule has 1 unspecified atom stereocenters. The summed E-state index contributed by atoms with van der Waals surface area (Å²) in [5, 5.41) is 17.5. The molecule has 0 amide bonds. The third-order valence-electron chi connectivity index (χ3n) is 2.56. The summed E-state index contributed by atoms with van der Waals surface area (Å²) in [7, 11) is 0. The number of phenols is 1. The monoisotopic (exact) mass is 526 g/mol. The van der Waals surface area contributed by atoms with Gasteiger partial charge in [-0.15, -0.1) is 0 Å². The minimum absolute atomic E-state index is 0.324. The summed E-state index contributed by atoms with van der Waals surface area (Å²) in [5.41, 5.74) is 0. The first-order valence-electron chi connectivity index (χ1n) is 6.52. The molecule has 6 heteroatoms. The van der Waals surface area contributed by atoms with Gasteiger partial charge in [0.25, 0.3) is 0 Å². The highest BCUT2D eigenvalue weighted by Crippen LogP contribution is 2.16. The van der Waals surface area contributed by atoms with Gasteiger partial charge < -0.3 is 14.9 Å². The third-order valence-corrected chi connectivity index (χ3v) is 4.00. The highest BCUT2D eigenvalue weighted by Gasteiger charge is 2.16. The van der Waals surface area contributed by atoms with E-state index in [0.717, 1.165) is 7.14 Å². The molecule has 0 aromatic heterocycles. The van der Waals surface area contributed by atoms with Gasteiger partial charge in [0.1, 0.15) is 11.5 Å². The molecule has 0 aliphatic rings. The zero-order valence-electron chi connectivity index (χ0n) is 11.9. The van der Waals surface area contributed by atoms with E-state index in [4.69, 9.17) is 14.9 Å². The molecule has 4 nitrogen and oxygen atoms in total. The Kier molecular flexibility index (Phi) is 8.54. The number of carbonyl (C=O) groups is 1. The van der Waals surface area contributed by atoms with Crippen LogP contribution in [-0.4, -0.2) is 22.3 Å². The average molecular weight is 526 g/mol. The summed E-state index contributed by atoms with van der Waals surface area (Å²) in [6.07, 6.45) is -0.295. The molecule has 0 fully saturated rings. The Labute approximate surface area is 156 Å².